The molecule has 1 amide bonds. The van der Waals surface area contributed by atoms with E-state index in [2.05, 4.69) is 0 Å². The summed E-state index contributed by atoms with van der Waals surface area (Å²) < 4.78 is 10.8. The van der Waals surface area contributed by atoms with E-state index < -0.39 is 0 Å². The fourth-order valence-electron chi connectivity index (χ4n) is 2.30. The number of carbonyl (C=O) groups excluding carboxylic acids is 1. The smallest absolute Gasteiger partial charge is 0.276 e. The van der Waals surface area contributed by atoms with Crippen LogP contribution in [0.5, 0.6) is 11.5 Å². The Morgan fingerprint density at radius 3 is 2.55 bits per heavy atom. The summed E-state index contributed by atoms with van der Waals surface area (Å²) in [6.07, 6.45) is 1.81. The third kappa shape index (κ3) is 2.92. The first-order valence-corrected chi connectivity index (χ1v) is 7.56. The highest BCUT2D eigenvalue weighted by Crippen LogP contribution is 2.30. The van der Waals surface area contributed by atoms with Crippen molar-refractivity contribution in [3.8, 4) is 11.5 Å². The molecule has 0 bridgehead atoms. The summed E-state index contributed by atoms with van der Waals surface area (Å²) in [5.74, 6) is 1.24. The Labute approximate surface area is 136 Å². The standard InChI is InChI=1S/C16H20N2O3S/c1-5-18-15(19)12(17(3)16(18)22)9-11-7-8-13(21-6-2)14(10-11)20-4/h7-10H,5-6H2,1-4H3/b12-9-. The first-order valence-electron chi connectivity index (χ1n) is 7.15. The number of hydrogen-bond acceptors (Lipinski definition) is 4. The number of nitrogens with zero attached hydrogens (tertiary/aromatic N) is 2. The summed E-state index contributed by atoms with van der Waals surface area (Å²) in [5.41, 5.74) is 1.41. The minimum absolute atomic E-state index is 0.0807. The first-order chi connectivity index (χ1) is 10.5. The Morgan fingerprint density at radius 2 is 2.00 bits per heavy atom. The predicted molar refractivity (Wildman–Crippen MR) is 89.9 cm³/mol. The fraction of sp³-hybridized carbons (Fsp3) is 0.375. The molecular weight excluding hydrogens is 300 g/mol. The lowest BCUT2D eigenvalue weighted by Crippen LogP contribution is -2.30. The van der Waals surface area contributed by atoms with Crippen LogP contribution in [-0.4, -0.2) is 48.1 Å². The fourth-order valence-corrected chi connectivity index (χ4v) is 2.61. The van der Waals surface area contributed by atoms with E-state index in [9.17, 15) is 4.79 Å². The number of rotatable bonds is 5. The van der Waals surface area contributed by atoms with Crippen molar-refractivity contribution < 1.29 is 14.3 Å². The van der Waals surface area contributed by atoms with E-state index in [1.165, 1.54) is 0 Å². The van der Waals surface area contributed by atoms with Gasteiger partial charge in [-0.15, -0.1) is 0 Å². The summed E-state index contributed by atoms with van der Waals surface area (Å²) in [6, 6.07) is 5.57. The average Bonchev–Trinajstić information content (AvgIpc) is 2.72. The largest absolute Gasteiger partial charge is 0.493 e. The summed E-state index contributed by atoms with van der Waals surface area (Å²) >= 11 is 5.28. The number of likely N-dealkylation sites (N-methyl/N-ethyl adjacent to an activating group) is 2. The van der Waals surface area contributed by atoms with Gasteiger partial charge in [-0.05, 0) is 49.8 Å². The Balaban J connectivity index is 2.37. The average molecular weight is 320 g/mol. The Hall–Kier alpha value is -2.08. The quantitative estimate of drug-likeness (QED) is 0.616. The number of carbonyl (C=O) groups is 1. The van der Waals surface area contributed by atoms with E-state index in [1.54, 1.807) is 24.0 Å². The van der Waals surface area contributed by atoms with Crippen LogP contribution in [0.1, 0.15) is 19.4 Å². The third-order valence-electron chi connectivity index (χ3n) is 3.45. The number of methoxy groups -OCH3 is 1. The molecule has 0 atom stereocenters. The van der Waals surface area contributed by atoms with Crippen LogP contribution in [0.4, 0.5) is 0 Å². The topological polar surface area (TPSA) is 42.0 Å². The van der Waals surface area contributed by atoms with Crippen LogP contribution >= 0.6 is 12.2 Å². The van der Waals surface area contributed by atoms with Crippen molar-refractivity contribution in [1.82, 2.24) is 9.80 Å². The second-order valence-electron chi connectivity index (χ2n) is 4.76. The molecule has 22 heavy (non-hydrogen) atoms. The molecule has 5 nitrogen and oxygen atoms in total. The molecule has 2 rings (SSSR count). The number of ether oxygens (including phenoxy) is 2. The van der Waals surface area contributed by atoms with Crippen LogP contribution in [0.25, 0.3) is 6.08 Å². The van der Waals surface area contributed by atoms with Gasteiger partial charge in [-0.3, -0.25) is 9.69 Å². The monoisotopic (exact) mass is 320 g/mol. The van der Waals surface area contributed by atoms with Gasteiger partial charge in [-0.2, -0.15) is 0 Å². The highest BCUT2D eigenvalue weighted by Gasteiger charge is 2.34. The molecule has 0 N–H and O–H groups in total. The molecule has 0 radical (unpaired) electrons. The molecule has 0 spiro atoms. The molecule has 1 aliphatic rings. The van der Waals surface area contributed by atoms with E-state index in [4.69, 9.17) is 21.7 Å². The molecule has 1 aromatic rings. The van der Waals surface area contributed by atoms with Gasteiger partial charge in [-0.25, -0.2) is 0 Å². The SMILES string of the molecule is CCOc1ccc(/C=C2/C(=O)N(CC)C(=S)N2C)cc1OC. The van der Waals surface area contributed by atoms with Crippen molar-refractivity contribution in [1.29, 1.82) is 0 Å². The molecule has 118 valence electrons. The lowest BCUT2D eigenvalue weighted by atomic mass is 10.1. The van der Waals surface area contributed by atoms with Gasteiger partial charge in [0.1, 0.15) is 5.70 Å². The molecule has 1 heterocycles. The Kier molecular flexibility index (Phi) is 5.03. The van der Waals surface area contributed by atoms with E-state index in [-0.39, 0.29) is 5.91 Å². The highest BCUT2D eigenvalue weighted by molar-refractivity contribution is 7.80. The first kappa shape index (κ1) is 16.3. The molecule has 1 fully saturated rings. The molecule has 1 aromatic carbocycles. The maximum absolute atomic E-state index is 12.4. The van der Waals surface area contributed by atoms with E-state index in [0.29, 0.717) is 35.5 Å². The number of hydrogen-bond donors (Lipinski definition) is 0. The van der Waals surface area contributed by atoms with Gasteiger partial charge in [0.15, 0.2) is 16.6 Å². The van der Waals surface area contributed by atoms with Gasteiger partial charge in [0, 0.05) is 13.6 Å². The minimum Gasteiger partial charge on any atom is -0.493 e. The summed E-state index contributed by atoms with van der Waals surface area (Å²) in [4.78, 5) is 15.7. The van der Waals surface area contributed by atoms with Gasteiger partial charge < -0.3 is 14.4 Å². The normalized spacial score (nSPS) is 16.6. The maximum Gasteiger partial charge on any atom is 0.276 e. The van der Waals surface area contributed by atoms with Crippen LogP contribution in [0.2, 0.25) is 0 Å². The van der Waals surface area contributed by atoms with Crippen LogP contribution in [0.15, 0.2) is 23.9 Å². The van der Waals surface area contributed by atoms with E-state index >= 15 is 0 Å². The molecule has 0 aliphatic carbocycles. The highest BCUT2D eigenvalue weighted by atomic mass is 32.1. The molecule has 1 saturated heterocycles. The van der Waals surface area contributed by atoms with Gasteiger partial charge in [0.05, 0.1) is 13.7 Å². The summed E-state index contributed by atoms with van der Waals surface area (Å²) in [7, 11) is 3.39. The second kappa shape index (κ2) is 6.79. The molecule has 0 unspecified atom stereocenters. The molecule has 6 heteroatoms. The van der Waals surface area contributed by atoms with Gasteiger partial charge in [0.2, 0.25) is 0 Å². The predicted octanol–water partition coefficient (Wildman–Crippen LogP) is 2.51. The van der Waals surface area contributed by atoms with Crippen LogP contribution in [0, 0.1) is 0 Å². The van der Waals surface area contributed by atoms with Crippen molar-refractivity contribution >= 4 is 29.3 Å². The number of benzene rings is 1. The van der Waals surface area contributed by atoms with Crippen molar-refractivity contribution in [3.63, 3.8) is 0 Å². The zero-order chi connectivity index (χ0) is 16.3. The zero-order valence-corrected chi connectivity index (χ0v) is 14.1. The maximum atomic E-state index is 12.4. The van der Waals surface area contributed by atoms with Crippen LogP contribution in [0.3, 0.4) is 0 Å². The third-order valence-corrected chi connectivity index (χ3v) is 3.94. The van der Waals surface area contributed by atoms with Crippen molar-refractivity contribution in [3.05, 3.63) is 29.5 Å². The van der Waals surface area contributed by atoms with Crippen molar-refractivity contribution in [2.75, 3.05) is 27.3 Å². The molecular formula is C16H20N2O3S. The summed E-state index contributed by atoms with van der Waals surface area (Å²) in [5, 5.41) is 0.525. The number of thiocarbonyl (C=S) groups is 1. The van der Waals surface area contributed by atoms with Gasteiger partial charge >= 0.3 is 0 Å². The van der Waals surface area contributed by atoms with Gasteiger partial charge in [-0.1, -0.05) is 6.07 Å². The Morgan fingerprint density at radius 1 is 1.27 bits per heavy atom. The van der Waals surface area contributed by atoms with Crippen molar-refractivity contribution in [2.45, 2.75) is 13.8 Å². The summed E-state index contributed by atoms with van der Waals surface area (Å²) in [6.45, 7) is 4.95. The lowest BCUT2D eigenvalue weighted by molar-refractivity contribution is -0.122. The lowest BCUT2D eigenvalue weighted by Gasteiger charge is -2.13. The van der Waals surface area contributed by atoms with E-state index in [0.717, 1.165) is 5.56 Å². The van der Waals surface area contributed by atoms with Crippen molar-refractivity contribution in [2.24, 2.45) is 0 Å². The molecule has 1 aliphatic heterocycles. The molecule has 0 saturated carbocycles. The Bertz CT molecular complexity index is 628. The van der Waals surface area contributed by atoms with E-state index in [1.807, 2.05) is 38.1 Å². The number of amides is 1. The van der Waals surface area contributed by atoms with Gasteiger partial charge in [0.25, 0.3) is 5.91 Å². The van der Waals surface area contributed by atoms with Crippen LogP contribution < -0.4 is 9.47 Å². The second-order valence-corrected chi connectivity index (χ2v) is 5.13. The minimum atomic E-state index is -0.0807. The zero-order valence-electron chi connectivity index (χ0n) is 13.3. The molecule has 0 aromatic heterocycles. The van der Waals surface area contributed by atoms with Crippen LogP contribution in [-0.2, 0) is 4.79 Å².